The summed E-state index contributed by atoms with van der Waals surface area (Å²) in [7, 11) is -1.89. The summed E-state index contributed by atoms with van der Waals surface area (Å²) in [4.78, 5) is 17.9. The summed E-state index contributed by atoms with van der Waals surface area (Å²) in [6.45, 7) is 5.04. The molecule has 3 heterocycles. The predicted molar refractivity (Wildman–Crippen MR) is 91.6 cm³/mol. The van der Waals surface area contributed by atoms with E-state index in [0.29, 0.717) is 39.3 Å². The van der Waals surface area contributed by atoms with Crippen LogP contribution in [0.4, 0.5) is 0 Å². The van der Waals surface area contributed by atoms with Crippen molar-refractivity contribution in [2.24, 2.45) is 7.05 Å². The molecule has 2 aromatic heterocycles. The zero-order valence-electron chi connectivity index (χ0n) is 14.4. The van der Waals surface area contributed by atoms with Gasteiger partial charge in [-0.2, -0.15) is 9.40 Å². The maximum atomic E-state index is 12.6. The Hall–Kier alpha value is -2.04. The van der Waals surface area contributed by atoms with Gasteiger partial charge in [-0.1, -0.05) is 0 Å². The molecule has 0 amide bonds. The Morgan fingerprint density at radius 2 is 1.84 bits per heavy atom. The fourth-order valence-electron chi connectivity index (χ4n) is 2.86. The van der Waals surface area contributed by atoms with E-state index in [0.717, 1.165) is 5.69 Å². The number of piperazine rings is 1. The lowest BCUT2D eigenvalue weighted by Gasteiger charge is -2.33. The number of imidazole rings is 1. The molecule has 0 aromatic carbocycles. The molecule has 0 atom stereocenters. The van der Waals surface area contributed by atoms with Crippen LogP contribution >= 0.6 is 0 Å². The minimum absolute atomic E-state index is 0.0662. The molecule has 0 unspecified atom stereocenters. The van der Waals surface area contributed by atoms with Gasteiger partial charge in [0.2, 0.25) is 5.16 Å². The number of sulfonamides is 1. The van der Waals surface area contributed by atoms with Crippen LogP contribution in [0.25, 0.3) is 0 Å². The van der Waals surface area contributed by atoms with Crippen LogP contribution in [0, 0.1) is 6.92 Å². The molecule has 0 bridgehead atoms. The van der Waals surface area contributed by atoms with Crippen molar-refractivity contribution >= 4 is 10.0 Å². The Morgan fingerprint density at radius 3 is 2.48 bits per heavy atom. The first kappa shape index (κ1) is 17.8. The van der Waals surface area contributed by atoms with Crippen LogP contribution < -0.4 is 5.56 Å². The van der Waals surface area contributed by atoms with Gasteiger partial charge in [0.25, 0.3) is 15.6 Å². The summed E-state index contributed by atoms with van der Waals surface area (Å²) < 4.78 is 29.6. The van der Waals surface area contributed by atoms with Gasteiger partial charge in [0, 0.05) is 58.2 Å². The van der Waals surface area contributed by atoms with Crippen molar-refractivity contribution < 1.29 is 8.42 Å². The lowest BCUT2D eigenvalue weighted by atomic mass is 10.3. The standard InChI is InChI=1S/C15H22N6O3S/c1-13-3-4-14(22)21(17-13)12-9-19-7-10-20(11-8-19)25(23,24)15-16-5-6-18(15)2/h3-6H,7-12H2,1-2H3. The normalized spacial score (nSPS) is 17.0. The van der Waals surface area contributed by atoms with Gasteiger partial charge in [0.1, 0.15) is 0 Å². The second-order valence-electron chi connectivity index (χ2n) is 6.10. The fourth-order valence-corrected chi connectivity index (χ4v) is 4.35. The first-order chi connectivity index (χ1) is 11.9. The summed E-state index contributed by atoms with van der Waals surface area (Å²) in [5.41, 5.74) is 0.673. The van der Waals surface area contributed by atoms with Gasteiger partial charge in [-0.25, -0.2) is 18.1 Å². The van der Waals surface area contributed by atoms with Crippen LogP contribution in [-0.4, -0.2) is 69.7 Å². The molecule has 136 valence electrons. The summed E-state index contributed by atoms with van der Waals surface area (Å²) in [5, 5.41) is 4.28. The summed E-state index contributed by atoms with van der Waals surface area (Å²) in [6, 6.07) is 3.21. The first-order valence-electron chi connectivity index (χ1n) is 8.12. The van der Waals surface area contributed by atoms with Gasteiger partial charge in [-0.05, 0) is 13.0 Å². The van der Waals surface area contributed by atoms with E-state index in [9.17, 15) is 13.2 Å². The van der Waals surface area contributed by atoms with Crippen molar-refractivity contribution in [3.8, 4) is 0 Å². The number of rotatable bonds is 5. The van der Waals surface area contributed by atoms with Crippen LogP contribution in [0.15, 0.2) is 34.5 Å². The van der Waals surface area contributed by atoms with Crippen molar-refractivity contribution in [2.75, 3.05) is 32.7 Å². The van der Waals surface area contributed by atoms with Crippen molar-refractivity contribution in [1.82, 2.24) is 28.5 Å². The summed E-state index contributed by atoms with van der Waals surface area (Å²) in [6.07, 6.45) is 3.10. The van der Waals surface area contributed by atoms with E-state index in [4.69, 9.17) is 0 Å². The molecule has 0 N–H and O–H groups in total. The molecule has 1 aliphatic rings. The molecular weight excluding hydrogens is 344 g/mol. The van der Waals surface area contributed by atoms with Crippen LogP contribution in [0.2, 0.25) is 0 Å². The maximum absolute atomic E-state index is 12.6. The van der Waals surface area contributed by atoms with Crippen LogP contribution in [0.5, 0.6) is 0 Å². The van der Waals surface area contributed by atoms with Gasteiger partial charge >= 0.3 is 0 Å². The molecule has 1 aliphatic heterocycles. The quantitative estimate of drug-likeness (QED) is 0.694. The molecule has 1 saturated heterocycles. The maximum Gasteiger partial charge on any atom is 0.277 e. The molecule has 10 heteroatoms. The van der Waals surface area contributed by atoms with Crippen LogP contribution in [-0.2, 0) is 23.6 Å². The zero-order valence-corrected chi connectivity index (χ0v) is 15.2. The van der Waals surface area contributed by atoms with Gasteiger partial charge in [-0.15, -0.1) is 0 Å². The molecular formula is C15H22N6O3S. The topological polar surface area (TPSA) is 93.3 Å². The minimum atomic E-state index is -3.56. The van der Waals surface area contributed by atoms with Gasteiger partial charge in [0.05, 0.1) is 12.2 Å². The van der Waals surface area contributed by atoms with Crippen molar-refractivity contribution in [1.29, 1.82) is 0 Å². The largest absolute Gasteiger partial charge is 0.324 e. The third-order valence-corrected chi connectivity index (χ3v) is 6.21. The van der Waals surface area contributed by atoms with E-state index in [2.05, 4.69) is 15.0 Å². The fraction of sp³-hybridized carbons (Fsp3) is 0.533. The highest BCUT2D eigenvalue weighted by Crippen LogP contribution is 2.15. The van der Waals surface area contributed by atoms with E-state index in [-0.39, 0.29) is 10.7 Å². The highest BCUT2D eigenvalue weighted by molar-refractivity contribution is 7.89. The molecule has 0 aliphatic carbocycles. The van der Waals surface area contributed by atoms with Crippen LogP contribution in [0.1, 0.15) is 5.69 Å². The smallest absolute Gasteiger partial charge is 0.277 e. The highest BCUT2D eigenvalue weighted by atomic mass is 32.2. The number of hydrogen-bond acceptors (Lipinski definition) is 6. The summed E-state index contributed by atoms with van der Waals surface area (Å²) in [5.74, 6) is 0. The molecule has 0 radical (unpaired) electrons. The number of nitrogens with zero attached hydrogens (tertiary/aromatic N) is 6. The van der Waals surface area contributed by atoms with Gasteiger partial charge in [-0.3, -0.25) is 9.69 Å². The molecule has 25 heavy (non-hydrogen) atoms. The highest BCUT2D eigenvalue weighted by Gasteiger charge is 2.31. The second-order valence-corrected chi connectivity index (χ2v) is 7.93. The van der Waals surface area contributed by atoms with Crippen molar-refractivity contribution in [3.05, 3.63) is 40.6 Å². The molecule has 3 rings (SSSR count). The molecule has 0 spiro atoms. The Bertz CT molecular complexity index is 896. The number of aryl methyl sites for hydroxylation is 2. The lowest BCUT2D eigenvalue weighted by molar-refractivity contribution is 0.179. The molecule has 9 nitrogen and oxygen atoms in total. The van der Waals surface area contributed by atoms with E-state index in [1.54, 1.807) is 19.3 Å². The predicted octanol–water partition coefficient (Wildman–Crippen LogP) is -0.708. The Labute approximate surface area is 146 Å². The second kappa shape index (κ2) is 7.06. The van der Waals surface area contributed by atoms with Crippen LogP contribution in [0.3, 0.4) is 0 Å². The molecule has 0 saturated carbocycles. The van der Waals surface area contributed by atoms with Gasteiger partial charge in [0.15, 0.2) is 0 Å². The van der Waals surface area contributed by atoms with Crippen molar-refractivity contribution in [3.63, 3.8) is 0 Å². The average Bonchev–Trinajstić information content (AvgIpc) is 3.03. The Kier molecular flexibility index (Phi) is 5.02. The van der Waals surface area contributed by atoms with E-state index in [1.165, 1.54) is 25.8 Å². The first-order valence-corrected chi connectivity index (χ1v) is 9.56. The van der Waals surface area contributed by atoms with E-state index < -0.39 is 10.0 Å². The lowest BCUT2D eigenvalue weighted by Crippen LogP contribution is -2.49. The van der Waals surface area contributed by atoms with E-state index in [1.807, 2.05) is 6.92 Å². The Morgan fingerprint density at radius 1 is 1.12 bits per heavy atom. The van der Waals surface area contributed by atoms with Gasteiger partial charge < -0.3 is 4.57 Å². The van der Waals surface area contributed by atoms with E-state index >= 15 is 0 Å². The molecule has 2 aromatic rings. The Balaban J connectivity index is 1.58. The average molecular weight is 366 g/mol. The third-order valence-electron chi connectivity index (χ3n) is 4.31. The number of hydrogen-bond donors (Lipinski definition) is 0. The SMILES string of the molecule is Cc1ccc(=O)n(CCN2CCN(S(=O)(=O)c3nccn3C)CC2)n1. The minimum Gasteiger partial charge on any atom is -0.324 e. The number of aromatic nitrogens is 4. The zero-order chi connectivity index (χ0) is 18.0. The van der Waals surface area contributed by atoms with Crippen molar-refractivity contribution in [2.45, 2.75) is 18.6 Å². The summed E-state index contributed by atoms with van der Waals surface area (Å²) >= 11 is 0. The third kappa shape index (κ3) is 3.80. The monoisotopic (exact) mass is 366 g/mol. The molecule has 1 fully saturated rings.